The quantitative estimate of drug-likeness (QED) is 0.897. The molecule has 1 aromatic heterocycles. The summed E-state index contributed by atoms with van der Waals surface area (Å²) >= 11 is 6.11. The molecule has 106 valence electrons. The lowest BCUT2D eigenvalue weighted by Gasteiger charge is -2.14. The Labute approximate surface area is 120 Å². The molecule has 1 unspecified atom stereocenters. The molecule has 1 aromatic carbocycles. The number of hydrogen-bond acceptors (Lipinski definition) is 3. The fraction of sp³-hybridized carbons (Fsp3) is 0.429. The summed E-state index contributed by atoms with van der Waals surface area (Å²) < 4.78 is 2.79. The number of aryl methyl sites for hydroxylation is 1. The van der Waals surface area contributed by atoms with E-state index in [1.807, 2.05) is 0 Å². The summed E-state index contributed by atoms with van der Waals surface area (Å²) in [5.74, 6) is 0.331. The van der Waals surface area contributed by atoms with E-state index in [1.54, 1.807) is 25.2 Å². The average Bonchev–Trinajstić information content (AvgIpc) is 2.94. The third kappa shape index (κ3) is 2.07. The largest absolute Gasteiger partial charge is 0.331 e. The van der Waals surface area contributed by atoms with Crippen molar-refractivity contribution in [1.82, 2.24) is 14.5 Å². The van der Waals surface area contributed by atoms with Gasteiger partial charge in [-0.1, -0.05) is 17.7 Å². The van der Waals surface area contributed by atoms with Gasteiger partial charge >= 0.3 is 5.69 Å². The number of benzene rings is 1. The smallest absolute Gasteiger partial charge is 0.316 e. The number of fused-ring (bicyclic) bond motifs is 1. The first kappa shape index (κ1) is 13.4. The highest BCUT2D eigenvalue weighted by Gasteiger charge is 2.19. The van der Waals surface area contributed by atoms with Crippen LogP contribution in [0.15, 0.2) is 27.8 Å². The van der Waals surface area contributed by atoms with Crippen LogP contribution in [0.25, 0.3) is 10.9 Å². The summed E-state index contributed by atoms with van der Waals surface area (Å²) in [6, 6.07) is 5.14. The van der Waals surface area contributed by atoms with Gasteiger partial charge < -0.3 is 5.32 Å². The lowest BCUT2D eigenvalue weighted by atomic mass is 10.1. The number of aromatic nitrogens is 2. The molecule has 20 heavy (non-hydrogen) atoms. The zero-order valence-corrected chi connectivity index (χ0v) is 12.0. The molecule has 5 nitrogen and oxygen atoms in total. The highest BCUT2D eigenvalue weighted by molar-refractivity contribution is 6.35. The molecule has 2 aromatic rings. The Morgan fingerprint density at radius 2 is 2.20 bits per heavy atom. The third-order valence-corrected chi connectivity index (χ3v) is 4.22. The van der Waals surface area contributed by atoms with E-state index in [0.29, 0.717) is 28.4 Å². The Morgan fingerprint density at radius 1 is 1.40 bits per heavy atom. The first-order valence-corrected chi connectivity index (χ1v) is 7.06. The van der Waals surface area contributed by atoms with E-state index in [1.165, 1.54) is 9.13 Å². The van der Waals surface area contributed by atoms with Gasteiger partial charge in [0, 0.05) is 13.6 Å². The number of nitrogens with zero attached hydrogens (tertiary/aromatic N) is 2. The van der Waals surface area contributed by atoms with E-state index in [-0.39, 0.29) is 11.2 Å². The summed E-state index contributed by atoms with van der Waals surface area (Å²) in [5, 5.41) is 4.16. The van der Waals surface area contributed by atoms with Gasteiger partial charge in [-0.05, 0) is 37.6 Å². The molecule has 0 saturated carbocycles. The van der Waals surface area contributed by atoms with Crippen molar-refractivity contribution in [3.05, 3.63) is 44.1 Å². The van der Waals surface area contributed by atoms with Crippen LogP contribution in [0.2, 0.25) is 5.02 Å². The van der Waals surface area contributed by atoms with E-state index in [4.69, 9.17) is 11.6 Å². The van der Waals surface area contributed by atoms with Gasteiger partial charge in [-0.3, -0.25) is 13.9 Å². The van der Waals surface area contributed by atoms with Gasteiger partial charge in [0.15, 0.2) is 0 Å². The predicted octanol–water partition coefficient (Wildman–Crippen LogP) is 0.963. The minimum Gasteiger partial charge on any atom is -0.316 e. The maximum absolute atomic E-state index is 12.5. The molecule has 1 saturated heterocycles. The lowest BCUT2D eigenvalue weighted by molar-refractivity contribution is 0.452. The Balaban J connectivity index is 2.23. The third-order valence-electron chi connectivity index (χ3n) is 3.92. The molecular formula is C14H16ClN3O2. The van der Waals surface area contributed by atoms with E-state index in [2.05, 4.69) is 5.32 Å². The molecule has 0 radical (unpaired) electrons. The number of nitrogens with one attached hydrogen (secondary N) is 1. The molecule has 6 heteroatoms. The maximum Gasteiger partial charge on any atom is 0.331 e. The summed E-state index contributed by atoms with van der Waals surface area (Å²) in [5.41, 5.74) is -0.0510. The van der Waals surface area contributed by atoms with Crippen LogP contribution in [0.4, 0.5) is 0 Å². The standard InChI is InChI=1S/C14H16ClN3O2/c1-17-12-10(3-2-4-11(12)15)13(19)18(14(17)20)8-9-5-6-16-7-9/h2-4,9,16H,5-8H2,1H3. The molecule has 1 aliphatic heterocycles. The predicted molar refractivity (Wildman–Crippen MR) is 79.4 cm³/mol. The Kier molecular flexibility index (Phi) is 3.40. The second-order valence-corrected chi connectivity index (χ2v) is 5.66. The monoisotopic (exact) mass is 293 g/mol. The minimum absolute atomic E-state index is 0.252. The van der Waals surface area contributed by atoms with Gasteiger partial charge in [0.25, 0.3) is 5.56 Å². The van der Waals surface area contributed by atoms with Gasteiger partial charge in [-0.15, -0.1) is 0 Å². The topological polar surface area (TPSA) is 56.0 Å². The molecule has 3 rings (SSSR count). The van der Waals surface area contributed by atoms with E-state index in [0.717, 1.165) is 19.5 Å². The van der Waals surface area contributed by atoms with Crippen molar-refractivity contribution in [2.24, 2.45) is 13.0 Å². The normalized spacial score (nSPS) is 18.8. The fourth-order valence-electron chi connectivity index (χ4n) is 2.83. The molecule has 0 bridgehead atoms. The van der Waals surface area contributed by atoms with Crippen molar-refractivity contribution >= 4 is 22.5 Å². The molecule has 2 heterocycles. The maximum atomic E-state index is 12.5. The zero-order valence-electron chi connectivity index (χ0n) is 11.2. The molecule has 0 spiro atoms. The molecule has 0 aliphatic carbocycles. The van der Waals surface area contributed by atoms with E-state index >= 15 is 0 Å². The molecule has 1 atom stereocenters. The summed E-state index contributed by atoms with van der Waals surface area (Å²) in [6.07, 6.45) is 0.989. The van der Waals surface area contributed by atoms with Crippen molar-refractivity contribution in [2.75, 3.05) is 13.1 Å². The number of para-hydroxylation sites is 1. The second kappa shape index (κ2) is 5.07. The Bertz CT molecular complexity index is 772. The average molecular weight is 294 g/mol. The van der Waals surface area contributed by atoms with Crippen molar-refractivity contribution in [3.63, 3.8) is 0 Å². The van der Waals surface area contributed by atoms with Gasteiger partial charge in [0.1, 0.15) is 0 Å². The zero-order chi connectivity index (χ0) is 14.3. The number of halogens is 1. The second-order valence-electron chi connectivity index (χ2n) is 5.25. The van der Waals surface area contributed by atoms with Crippen molar-refractivity contribution < 1.29 is 0 Å². The van der Waals surface area contributed by atoms with Crippen LogP contribution in [-0.2, 0) is 13.6 Å². The van der Waals surface area contributed by atoms with Crippen LogP contribution in [0.5, 0.6) is 0 Å². The molecule has 0 amide bonds. The van der Waals surface area contributed by atoms with E-state index in [9.17, 15) is 9.59 Å². The fourth-order valence-corrected chi connectivity index (χ4v) is 3.13. The summed E-state index contributed by atoms with van der Waals surface area (Å²) in [4.78, 5) is 24.9. The van der Waals surface area contributed by atoms with Crippen LogP contribution in [-0.4, -0.2) is 22.2 Å². The molecule has 1 N–H and O–H groups in total. The Morgan fingerprint density at radius 3 is 2.90 bits per heavy atom. The van der Waals surface area contributed by atoms with Crippen molar-refractivity contribution in [3.8, 4) is 0 Å². The van der Waals surface area contributed by atoms with Crippen molar-refractivity contribution in [1.29, 1.82) is 0 Å². The lowest BCUT2D eigenvalue weighted by Crippen LogP contribution is -2.41. The SMILES string of the molecule is Cn1c(=O)n(CC2CCNC2)c(=O)c2cccc(Cl)c21. The number of rotatable bonds is 2. The Hall–Kier alpha value is -1.59. The molecule has 1 aliphatic rings. The van der Waals surface area contributed by atoms with Crippen LogP contribution in [0.1, 0.15) is 6.42 Å². The minimum atomic E-state index is -0.303. The summed E-state index contributed by atoms with van der Waals surface area (Å²) in [6.45, 7) is 2.25. The van der Waals surface area contributed by atoms with Gasteiger partial charge in [0.05, 0.1) is 15.9 Å². The van der Waals surface area contributed by atoms with Crippen LogP contribution < -0.4 is 16.6 Å². The van der Waals surface area contributed by atoms with Crippen LogP contribution in [0, 0.1) is 5.92 Å². The first-order chi connectivity index (χ1) is 9.59. The molecule has 1 fully saturated rings. The van der Waals surface area contributed by atoms with E-state index < -0.39 is 0 Å². The number of hydrogen-bond donors (Lipinski definition) is 1. The van der Waals surface area contributed by atoms with Gasteiger partial charge in [-0.25, -0.2) is 4.79 Å². The van der Waals surface area contributed by atoms with Crippen LogP contribution in [0.3, 0.4) is 0 Å². The highest BCUT2D eigenvalue weighted by Crippen LogP contribution is 2.19. The molecular weight excluding hydrogens is 278 g/mol. The highest BCUT2D eigenvalue weighted by atomic mass is 35.5. The van der Waals surface area contributed by atoms with Gasteiger partial charge in [-0.2, -0.15) is 0 Å². The van der Waals surface area contributed by atoms with Crippen molar-refractivity contribution in [2.45, 2.75) is 13.0 Å². The first-order valence-electron chi connectivity index (χ1n) is 6.68. The van der Waals surface area contributed by atoms with Crippen LogP contribution >= 0.6 is 11.6 Å². The summed E-state index contributed by atoms with van der Waals surface area (Å²) in [7, 11) is 1.65. The van der Waals surface area contributed by atoms with Gasteiger partial charge in [0.2, 0.25) is 0 Å².